The van der Waals surface area contributed by atoms with Gasteiger partial charge in [-0.2, -0.15) is 0 Å². The van der Waals surface area contributed by atoms with Gasteiger partial charge in [-0.3, -0.25) is 0 Å². The molecule has 0 aromatic carbocycles. The maximum atomic E-state index is 2.36. The van der Waals surface area contributed by atoms with Crippen molar-refractivity contribution in [3.8, 4) is 0 Å². The first-order valence-electron chi connectivity index (χ1n) is 7.56. The monoisotopic (exact) mass is 300 g/mol. The summed E-state index contributed by atoms with van der Waals surface area (Å²) in [5.41, 5.74) is 5.85. The largest absolute Gasteiger partial charge is 0.399 e. The Kier molecular flexibility index (Phi) is 3.15. The van der Waals surface area contributed by atoms with Crippen molar-refractivity contribution in [2.45, 2.75) is 52.4 Å². The molecule has 3 rings (SSSR count). The lowest BCUT2D eigenvalue weighted by Gasteiger charge is -2.17. The van der Waals surface area contributed by atoms with E-state index in [9.17, 15) is 0 Å². The number of hydrogen-bond donors (Lipinski definition) is 0. The van der Waals surface area contributed by atoms with Crippen LogP contribution in [0.5, 0.6) is 0 Å². The van der Waals surface area contributed by atoms with Crippen LogP contribution in [0, 0.1) is 0 Å². The molecule has 0 unspecified atom stereocenters. The van der Waals surface area contributed by atoms with Gasteiger partial charge in [-0.15, -0.1) is 8.33 Å². The van der Waals surface area contributed by atoms with E-state index in [1.807, 2.05) is 0 Å². The first kappa shape index (κ1) is 14.5. The third-order valence-corrected chi connectivity index (χ3v) is 5.33. The van der Waals surface area contributed by atoms with Crippen LogP contribution in [0.1, 0.15) is 52.7 Å². The summed E-state index contributed by atoms with van der Waals surface area (Å²) in [5.74, 6) is 0. The minimum Gasteiger partial charge on any atom is -0.103 e. The Balaban J connectivity index is 2.31. The number of aromatic nitrogens is 2. The van der Waals surface area contributed by atoms with Crippen LogP contribution >= 0.6 is 8.51 Å². The Morgan fingerprint density at radius 3 is 1.43 bits per heavy atom. The van der Waals surface area contributed by atoms with E-state index in [1.54, 1.807) is 0 Å². The molecular formula is C18H25N2P+2. The van der Waals surface area contributed by atoms with Crippen molar-refractivity contribution in [2.75, 3.05) is 0 Å². The second kappa shape index (κ2) is 4.55. The number of rotatable bonds is 0. The van der Waals surface area contributed by atoms with Gasteiger partial charge in [0.1, 0.15) is 0 Å². The summed E-state index contributed by atoms with van der Waals surface area (Å²) >= 11 is 0. The van der Waals surface area contributed by atoms with Crippen molar-refractivity contribution < 1.29 is 8.33 Å². The fourth-order valence-electron chi connectivity index (χ4n) is 2.62. The molecule has 0 saturated heterocycles. The molecule has 3 aromatic heterocycles. The van der Waals surface area contributed by atoms with Gasteiger partial charge in [0.2, 0.25) is 0 Å². The first-order chi connectivity index (χ1) is 9.66. The maximum absolute atomic E-state index is 2.36. The highest BCUT2D eigenvalue weighted by Crippen LogP contribution is 2.26. The number of nitrogens with zero attached hydrogens (tertiary/aromatic N) is 2. The highest BCUT2D eigenvalue weighted by molar-refractivity contribution is 7.12. The molecule has 0 saturated carbocycles. The molecule has 0 amide bonds. The number of hydrogen-bond acceptors (Lipinski definition) is 0. The molecule has 3 heteroatoms. The Bertz CT molecular complexity index is 748. The molecule has 0 N–H and O–H groups in total. The molecule has 0 radical (unpaired) electrons. The third kappa shape index (κ3) is 2.58. The minimum atomic E-state index is 0.188. The topological polar surface area (TPSA) is 8.20 Å². The Morgan fingerprint density at radius 2 is 1.10 bits per heavy atom. The van der Waals surface area contributed by atoms with Crippen molar-refractivity contribution >= 4 is 19.5 Å². The second-order valence-corrected chi connectivity index (χ2v) is 9.10. The van der Waals surface area contributed by atoms with Gasteiger partial charge < -0.3 is 0 Å². The van der Waals surface area contributed by atoms with Crippen molar-refractivity contribution in [2.24, 2.45) is 0 Å². The molecule has 21 heavy (non-hydrogen) atoms. The van der Waals surface area contributed by atoms with Crippen molar-refractivity contribution in [3.63, 3.8) is 0 Å². The first-order valence-corrected chi connectivity index (χ1v) is 8.45. The van der Waals surface area contributed by atoms with E-state index in [0.717, 1.165) is 0 Å². The lowest BCUT2D eigenvalue weighted by Crippen LogP contribution is -2.18. The Labute approximate surface area is 128 Å². The van der Waals surface area contributed by atoms with E-state index < -0.39 is 0 Å². The molecule has 0 aliphatic carbocycles. The van der Waals surface area contributed by atoms with Gasteiger partial charge in [-0.1, -0.05) is 41.5 Å². The Morgan fingerprint density at radius 1 is 0.714 bits per heavy atom. The number of fused-ring (bicyclic) bond motifs is 3. The molecule has 0 spiro atoms. The van der Waals surface area contributed by atoms with Crippen LogP contribution < -0.4 is 8.33 Å². The molecule has 3 heterocycles. The third-order valence-electron chi connectivity index (χ3n) is 4.12. The summed E-state index contributed by atoms with van der Waals surface area (Å²) < 4.78 is 4.72. The molecule has 110 valence electrons. The van der Waals surface area contributed by atoms with Gasteiger partial charge in [0, 0.05) is 24.3 Å². The lowest BCUT2D eigenvalue weighted by molar-refractivity contribution is -0.485. The molecule has 3 aromatic rings. The van der Waals surface area contributed by atoms with Gasteiger partial charge >= 0.3 is 8.51 Å². The highest BCUT2D eigenvalue weighted by atomic mass is 31.1. The van der Waals surface area contributed by atoms with E-state index >= 15 is 0 Å². The summed E-state index contributed by atoms with van der Waals surface area (Å²) in [6, 6.07) is 9.23. The predicted molar refractivity (Wildman–Crippen MR) is 89.7 cm³/mol. The molecular weight excluding hydrogens is 275 g/mol. The quantitative estimate of drug-likeness (QED) is 0.597. The maximum Gasteiger partial charge on any atom is 0.399 e. The van der Waals surface area contributed by atoms with Crippen molar-refractivity contribution in [1.82, 2.24) is 0 Å². The molecule has 0 aliphatic rings. The van der Waals surface area contributed by atoms with E-state index in [-0.39, 0.29) is 10.8 Å². The predicted octanol–water partition coefficient (Wildman–Crippen LogP) is 3.79. The minimum absolute atomic E-state index is 0.188. The number of pyridine rings is 2. The molecule has 0 atom stereocenters. The standard InChI is InChI=1S/C18H25N2P/c1-17(2,3)13-7-9-19-15(11-13)16-12-14(18(4,5)6)8-10-20(16)21-19/h7-12,21H,1-6H3/q+2. The van der Waals surface area contributed by atoms with Crippen LogP contribution in [0.15, 0.2) is 36.7 Å². The molecule has 0 aliphatic heterocycles. The van der Waals surface area contributed by atoms with Gasteiger partial charge in [0.15, 0.2) is 12.4 Å². The summed E-state index contributed by atoms with van der Waals surface area (Å²) in [7, 11) is 0.644. The smallest absolute Gasteiger partial charge is 0.103 e. The fraction of sp³-hybridized carbons (Fsp3) is 0.444. The van der Waals surface area contributed by atoms with Crippen LogP contribution in [0.2, 0.25) is 0 Å². The molecule has 2 nitrogen and oxygen atoms in total. The summed E-state index contributed by atoms with van der Waals surface area (Å²) in [4.78, 5) is 0. The van der Waals surface area contributed by atoms with Crippen LogP contribution in [0.25, 0.3) is 11.0 Å². The van der Waals surface area contributed by atoms with E-state index in [4.69, 9.17) is 0 Å². The lowest BCUT2D eigenvalue weighted by atomic mass is 9.86. The van der Waals surface area contributed by atoms with Crippen LogP contribution in [0.3, 0.4) is 0 Å². The Hall–Kier alpha value is -1.40. The van der Waals surface area contributed by atoms with Crippen LogP contribution in [-0.2, 0) is 10.8 Å². The van der Waals surface area contributed by atoms with Gasteiger partial charge in [-0.25, -0.2) is 0 Å². The summed E-state index contributed by atoms with van der Waals surface area (Å²) in [6.45, 7) is 13.6. The molecule has 0 bridgehead atoms. The van der Waals surface area contributed by atoms with E-state index in [2.05, 4.69) is 86.5 Å². The van der Waals surface area contributed by atoms with E-state index in [1.165, 1.54) is 22.2 Å². The summed E-state index contributed by atoms with van der Waals surface area (Å²) in [6.07, 6.45) is 4.47. The fourth-order valence-corrected chi connectivity index (χ4v) is 3.71. The van der Waals surface area contributed by atoms with Crippen LogP contribution in [-0.4, -0.2) is 0 Å². The van der Waals surface area contributed by atoms with Gasteiger partial charge in [0.25, 0.3) is 11.0 Å². The normalized spacial score (nSPS) is 13.2. The second-order valence-electron chi connectivity index (χ2n) is 7.94. The zero-order chi connectivity index (χ0) is 15.4. The molecule has 0 fully saturated rings. The average molecular weight is 300 g/mol. The zero-order valence-electron chi connectivity index (χ0n) is 13.9. The average Bonchev–Trinajstić information content (AvgIpc) is 2.73. The van der Waals surface area contributed by atoms with Crippen LogP contribution in [0.4, 0.5) is 0 Å². The SMILES string of the molecule is CC(C)(C)c1cc[n+]2[pH][n+]3ccc(C(C)(C)C)cc3c2c1. The van der Waals surface area contributed by atoms with E-state index in [0.29, 0.717) is 8.51 Å². The van der Waals surface area contributed by atoms with Gasteiger partial charge in [0.05, 0.1) is 0 Å². The van der Waals surface area contributed by atoms with Crippen molar-refractivity contribution in [1.29, 1.82) is 0 Å². The summed E-state index contributed by atoms with van der Waals surface area (Å²) in [5, 5.41) is 0. The van der Waals surface area contributed by atoms with Gasteiger partial charge in [-0.05, 0) is 22.0 Å². The zero-order valence-corrected chi connectivity index (χ0v) is 14.9. The van der Waals surface area contributed by atoms with Crippen molar-refractivity contribution in [3.05, 3.63) is 47.8 Å². The highest BCUT2D eigenvalue weighted by Gasteiger charge is 2.25.